The van der Waals surface area contributed by atoms with Crippen LogP contribution in [-0.2, 0) is 11.2 Å². The molecule has 1 N–H and O–H groups in total. The number of hydrogen-bond donors (Lipinski definition) is 1. The molecule has 1 saturated heterocycles. The van der Waals surface area contributed by atoms with Gasteiger partial charge in [0.05, 0.1) is 5.69 Å². The molecular formula is C16H14N2OS2. The third-order valence-electron chi connectivity index (χ3n) is 3.28. The molecule has 0 radical (unpaired) electrons. The van der Waals surface area contributed by atoms with Crippen molar-refractivity contribution in [3.8, 4) is 0 Å². The lowest BCUT2D eigenvalue weighted by Crippen LogP contribution is -2.30. The average molecular weight is 314 g/mol. The predicted molar refractivity (Wildman–Crippen MR) is 91.3 cm³/mol. The van der Waals surface area contributed by atoms with Crippen LogP contribution in [0.4, 0.5) is 5.69 Å². The summed E-state index contributed by atoms with van der Waals surface area (Å²) in [6, 6.07) is 11.8. The third-order valence-corrected chi connectivity index (χ3v) is 4.39. The fraction of sp³-hybridized carbons (Fsp3) is 0.125. The number of thiocarbonyl (C=S) groups is 1. The monoisotopic (exact) mass is 314 g/mol. The molecule has 106 valence electrons. The van der Waals surface area contributed by atoms with Crippen LogP contribution in [0.2, 0.25) is 0 Å². The minimum Gasteiger partial charge on any atom is -0.327 e. The van der Waals surface area contributed by atoms with Crippen molar-refractivity contribution in [1.82, 2.24) is 5.32 Å². The van der Waals surface area contributed by atoms with Gasteiger partial charge in [0.2, 0.25) is 0 Å². The fourth-order valence-electron chi connectivity index (χ4n) is 2.20. The van der Waals surface area contributed by atoms with Gasteiger partial charge in [0.1, 0.15) is 5.70 Å². The number of rotatable bonds is 3. The number of carbonyl (C=O) groups is 1. The quantitative estimate of drug-likeness (QED) is 0.694. The van der Waals surface area contributed by atoms with E-state index in [4.69, 9.17) is 12.2 Å². The number of amides is 1. The minimum atomic E-state index is -0.110. The van der Waals surface area contributed by atoms with Gasteiger partial charge in [-0.1, -0.05) is 25.1 Å². The number of nitrogens with zero attached hydrogens (tertiary/aromatic N) is 1. The van der Waals surface area contributed by atoms with E-state index < -0.39 is 0 Å². The Kier molecular flexibility index (Phi) is 3.86. The first-order valence-electron chi connectivity index (χ1n) is 6.68. The van der Waals surface area contributed by atoms with Crippen LogP contribution in [0.15, 0.2) is 47.5 Å². The summed E-state index contributed by atoms with van der Waals surface area (Å²) >= 11 is 6.89. The van der Waals surface area contributed by atoms with Gasteiger partial charge in [0, 0.05) is 4.88 Å². The topological polar surface area (TPSA) is 32.3 Å². The van der Waals surface area contributed by atoms with Crippen LogP contribution in [-0.4, -0.2) is 11.0 Å². The highest BCUT2D eigenvalue weighted by Crippen LogP contribution is 2.24. The predicted octanol–water partition coefficient (Wildman–Crippen LogP) is 3.57. The summed E-state index contributed by atoms with van der Waals surface area (Å²) in [6.07, 6.45) is 2.76. The standard InChI is InChI=1S/C16H14N2OS2/c1-2-11-5-3-6-12(9-11)18-15(19)14(17-16(18)20)10-13-7-4-8-21-13/h3-10H,2H2,1H3,(H,17,20)/b14-10+. The molecule has 0 saturated carbocycles. The van der Waals surface area contributed by atoms with Gasteiger partial charge in [-0.2, -0.15) is 0 Å². The van der Waals surface area contributed by atoms with E-state index in [1.165, 1.54) is 5.56 Å². The van der Waals surface area contributed by atoms with Gasteiger partial charge in [-0.3, -0.25) is 9.69 Å². The third kappa shape index (κ3) is 2.75. The normalized spacial score (nSPS) is 16.6. The van der Waals surface area contributed by atoms with Crippen LogP contribution in [0, 0.1) is 0 Å². The van der Waals surface area contributed by atoms with Crippen molar-refractivity contribution in [3.05, 3.63) is 57.9 Å². The Labute approximate surface area is 132 Å². The first kappa shape index (κ1) is 14.0. The van der Waals surface area contributed by atoms with Crippen LogP contribution < -0.4 is 10.2 Å². The summed E-state index contributed by atoms with van der Waals surface area (Å²) in [4.78, 5) is 15.1. The maximum Gasteiger partial charge on any atom is 0.281 e. The molecule has 1 aromatic heterocycles. The molecule has 1 fully saturated rings. The van der Waals surface area contributed by atoms with E-state index in [9.17, 15) is 4.79 Å². The van der Waals surface area contributed by atoms with E-state index in [1.54, 1.807) is 16.2 Å². The molecule has 1 aliphatic heterocycles. The Hall–Kier alpha value is -1.98. The molecule has 5 heteroatoms. The van der Waals surface area contributed by atoms with Crippen molar-refractivity contribution in [2.75, 3.05) is 4.90 Å². The van der Waals surface area contributed by atoms with Crippen molar-refractivity contribution >= 4 is 46.3 Å². The van der Waals surface area contributed by atoms with Gasteiger partial charge >= 0.3 is 0 Å². The van der Waals surface area contributed by atoms with Gasteiger partial charge in [-0.25, -0.2) is 0 Å². The van der Waals surface area contributed by atoms with Gasteiger partial charge in [-0.15, -0.1) is 11.3 Å². The van der Waals surface area contributed by atoms with Crippen molar-refractivity contribution < 1.29 is 4.79 Å². The van der Waals surface area contributed by atoms with Crippen molar-refractivity contribution in [3.63, 3.8) is 0 Å². The Balaban J connectivity index is 1.93. The minimum absolute atomic E-state index is 0.110. The van der Waals surface area contributed by atoms with E-state index in [-0.39, 0.29) is 5.91 Å². The van der Waals surface area contributed by atoms with E-state index in [0.29, 0.717) is 10.8 Å². The van der Waals surface area contributed by atoms with Gasteiger partial charge in [-0.05, 0) is 53.9 Å². The summed E-state index contributed by atoms with van der Waals surface area (Å²) < 4.78 is 0. The van der Waals surface area contributed by atoms with Crippen molar-refractivity contribution in [2.45, 2.75) is 13.3 Å². The highest BCUT2D eigenvalue weighted by Gasteiger charge is 2.31. The lowest BCUT2D eigenvalue weighted by molar-refractivity contribution is -0.113. The number of aryl methyl sites for hydroxylation is 1. The second-order valence-corrected chi connectivity index (χ2v) is 6.03. The number of carbonyl (C=O) groups excluding carboxylic acids is 1. The van der Waals surface area contributed by atoms with Gasteiger partial charge in [0.25, 0.3) is 5.91 Å². The van der Waals surface area contributed by atoms with E-state index in [0.717, 1.165) is 17.0 Å². The van der Waals surface area contributed by atoms with Crippen LogP contribution >= 0.6 is 23.6 Å². The summed E-state index contributed by atoms with van der Waals surface area (Å²) in [7, 11) is 0. The Morgan fingerprint density at radius 1 is 1.33 bits per heavy atom. The Morgan fingerprint density at radius 3 is 2.90 bits per heavy atom. The molecule has 1 aliphatic rings. The van der Waals surface area contributed by atoms with Crippen LogP contribution in [0.1, 0.15) is 17.4 Å². The molecule has 1 amide bonds. The first-order valence-corrected chi connectivity index (χ1v) is 7.97. The van der Waals surface area contributed by atoms with E-state index in [1.807, 2.05) is 47.9 Å². The SMILES string of the molecule is CCc1cccc(N2C(=O)/C(=C\c3cccs3)NC2=S)c1. The van der Waals surface area contributed by atoms with Gasteiger partial charge < -0.3 is 5.32 Å². The van der Waals surface area contributed by atoms with Crippen LogP contribution in [0.5, 0.6) is 0 Å². The molecule has 1 aromatic carbocycles. The molecule has 0 spiro atoms. The maximum absolute atomic E-state index is 12.6. The molecular weight excluding hydrogens is 300 g/mol. The molecule has 21 heavy (non-hydrogen) atoms. The lowest BCUT2D eigenvalue weighted by Gasteiger charge is -2.14. The van der Waals surface area contributed by atoms with E-state index in [2.05, 4.69) is 12.2 Å². The summed E-state index contributed by atoms with van der Waals surface area (Å²) in [5.74, 6) is -0.110. The number of benzene rings is 1. The Morgan fingerprint density at radius 2 is 2.19 bits per heavy atom. The van der Waals surface area contributed by atoms with Crippen LogP contribution in [0.3, 0.4) is 0 Å². The molecule has 2 heterocycles. The average Bonchev–Trinajstić information content (AvgIpc) is 3.08. The molecule has 0 atom stereocenters. The van der Waals surface area contributed by atoms with Crippen LogP contribution in [0.25, 0.3) is 6.08 Å². The Bertz CT molecular complexity index is 720. The summed E-state index contributed by atoms with van der Waals surface area (Å²) in [6.45, 7) is 2.09. The molecule has 0 bridgehead atoms. The molecule has 2 aromatic rings. The smallest absolute Gasteiger partial charge is 0.281 e. The largest absolute Gasteiger partial charge is 0.327 e. The number of nitrogens with one attached hydrogen (secondary N) is 1. The van der Waals surface area contributed by atoms with Gasteiger partial charge in [0.15, 0.2) is 5.11 Å². The molecule has 3 nitrogen and oxygen atoms in total. The van der Waals surface area contributed by atoms with Crippen molar-refractivity contribution in [1.29, 1.82) is 0 Å². The molecule has 0 aliphatic carbocycles. The first-order chi connectivity index (χ1) is 10.2. The highest BCUT2D eigenvalue weighted by molar-refractivity contribution is 7.80. The fourth-order valence-corrected chi connectivity index (χ4v) is 3.16. The van der Waals surface area contributed by atoms with E-state index >= 15 is 0 Å². The second kappa shape index (κ2) is 5.79. The zero-order valence-electron chi connectivity index (χ0n) is 11.5. The maximum atomic E-state index is 12.6. The zero-order chi connectivity index (χ0) is 14.8. The summed E-state index contributed by atoms with van der Waals surface area (Å²) in [5, 5.41) is 5.41. The second-order valence-electron chi connectivity index (χ2n) is 4.67. The highest BCUT2D eigenvalue weighted by atomic mass is 32.1. The summed E-state index contributed by atoms with van der Waals surface area (Å²) in [5.41, 5.74) is 2.51. The number of anilines is 1. The molecule has 3 rings (SSSR count). The lowest BCUT2D eigenvalue weighted by atomic mass is 10.1. The van der Waals surface area contributed by atoms with Crippen molar-refractivity contribution in [2.24, 2.45) is 0 Å². The number of hydrogen-bond acceptors (Lipinski definition) is 3. The zero-order valence-corrected chi connectivity index (χ0v) is 13.1. The number of thiophene rings is 1. The molecule has 0 unspecified atom stereocenters.